The molecule has 9 nitrogen and oxygen atoms in total. The Hall–Kier alpha value is -3.89. The number of carbonyl (C=O) groups is 1. The lowest BCUT2D eigenvalue weighted by atomic mass is 9.90. The van der Waals surface area contributed by atoms with Crippen LogP contribution < -0.4 is 5.56 Å². The molecule has 2 fully saturated rings. The molecule has 4 aromatic rings. The zero-order valence-corrected chi connectivity index (χ0v) is 20.0. The van der Waals surface area contributed by atoms with E-state index in [9.17, 15) is 24.2 Å². The number of amides is 1. The molecule has 0 radical (unpaired) electrons. The molecule has 1 aliphatic heterocycles. The molecule has 2 aromatic carbocycles. The maximum atomic E-state index is 13.3. The van der Waals surface area contributed by atoms with Gasteiger partial charge in [0.05, 0.1) is 29.6 Å². The zero-order chi connectivity index (χ0) is 25.8. The number of aliphatic hydroxyl groups is 2. The van der Waals surface area contributed by atoms with Crippen LogP contribution in [0.2, 0.25) is 0 Å². The minimum Gasteiger partial charge on any atom is -0.388 e. The molecule has 0 spiro atoms. The fourth-order valence-corrected chi connectivity index (χ4v) is 4.95. The van der Waals surface area contributed by atoms with E-state index in [1.54, 1.807) is 41.3 Å². The number of rotatable bonds is 5. The lowest BCUT2D eigenvalue weighted by Crippen LogP contribution is -2.49. The number of piperidine rings is 1. The summed E-state index contributed by atoms with van der Waals surface area (Å²) < 4.78 is 16.1. The molecule has 0 unspecified atom stereocenters. The van der Waals surface area contributed by atoms with E-state index >= 15 is 0 Å². The van der Waals surface area contributed by atoms with Crippen molar-refractivity contribution in [3.05, 3.63) is 88.4 Å². The van der Waals surface area contributed by atoms with Gasteiger partial charge in [-0.25, -0.2) is 14.1 Å². The number of likely N-dealkylation sites (tertiary alicyclic amines) is 1. The Labute approximate surface area is 211 Å². The van der Waals surface area contributed by atoms with Crippen molar-refractivity contribution in [3.63, 3.8) is 0 Å². The number of hydrogen-bond donors (Lipinski definition) is 2. The topological polar surface area (TPSA) is 113 Å². The van der Waals surface area contributed by atoms with Crippen LogP contribution in [0.4, 0.5) is 4.39 Å². The molecule has 2 N–H and O–H groups in total. The molecule has 3 heterocycles. The summed E-state index contributed by atoms with van der Waals surface area (Å²) in [4.78, 5) is 32.2. The van der Waals surface area contributed by atoms with E-state index in [0.29, 0.717) is 48.2 Å². The summed E-state index contributed by atoms with van der Waals surface area (Å²) in [6.45, 7) is 0.758. The van der Waals surface area contributed by atoms with E-state index in [1.165, 1.54) is 33.9 Å². The van der Waals surface area contributed by atoms with Crippen LogP contribution in [-0.4, -0.2) is 59.0 Å². The molecular formula is C27H26FN5O4. The average molecular weight is 504 g/mol. The summed E-state index contributed by atoms with van der Waals surface area (Å²) in [7, 11) is 0. The molecule has 190 valence electrons. The molecule has 1 aliphatic carbocycles. The quantitative estimate of drug-likeness (QED) is 0.432. The number of carbonyl (C=O) groups excluding carboxylic acids is 1. The summed E-state index contributed by atoms with van der Waals surface area (Å²) in [5.41, 5.74) is 0.0668. The number of halogens is 1. The molecule has 1 saturated carbocycles. The molecular weight excluding hydrogens is 477 g/mol. The standard InChI is InChI=1S/C27H26FN5O4/c28-20-5-7-21(8-6-20)33-23-22(15-30-33)25(35)32(17-29-23)16-26(36)11-13-31(14-12-26)24(34)18-1-3-19(4-2-18)27(37)9-10-27/h1-8,15,17,36-37H,9-14,16H2. The van der Waals surface area contributed by atoms with E-state index < -0.39 is 11.2 Å². The number of aromatic nitrogens is 4. The van der Waals surface area contributed by atoms with Crippen molar-refractivity contribution in [2.45, 2.75) is 43.4 Å². The van der Waals surface area contributed by atoms with Gasteiger partial charge in [-0.15, -0.1) is 0 Å². The van der Waals surface area contributed by atoms with Crippen molar-refractivity contribution in [2.75, 3.05) is 13.1 Å². The second-order valence-electron chi connectivity index (χ2n) is 10.1. The third kappa shape index (κ3) is 4.32. The smallest absolute Gasteiger partial charge is 0.264 e. The van der Waals surface area contributed by atoms with Crippen LogP contribution in [0, 0.1) is 5.82 Å². The van der Waals surface area contributed by atoms with Crippen molar-refractivity contribution in [2.24, 2.45) is 0 Å². The Kier molecular flexibility index (Phi) is 5.46. The van der Waals surface area contributed by atoms with Gasteiger partial charge in [0.15, 0.2) is 5.65 Å². The lowest BCUT2D eigenvalue weighted by molar-refractivity contribution is -0.0299. The van der Waals surface area contributed by atoms with E-state index in [4.69, 9.17) is 0 Å². The number of nitrogens with zero attached hydrogens (tertiary/aromatic N) is 5. The fraction of sp³-hybridized carbons (Fsp3) is 0.333. The number of fused-ring (bicyclic) bond motifs is 1. The maximum absolute atomic E-state index is 13.3. The Morgan fingerprint density at radius 2 is 1.65 bits per heavy atom. The molecule has 37 heavy (non-hydrogen) atoms. The van der Waals surface area contributed by atoms with E-state index in [1.807, 2.05) is 0 Å². The van der Waals surface area contributed by atoms with Crippen molar-refractivity contribution >= 4 is 16.9 Å². The first-order valence-electron chi connectivity index (χ1n) is 12.3. The van der Waals surface area contributed by atoms with E-state index in [2.05, 4.69) is 10.1 Å². The summed E-state index contributed by atoms with van der Waals surface area (Å²) >= 11 is 0. The summed E-state index contributed by atoms with van der Waals surface area (Å²) in [5.74, 6) is -0.493. The van der Waals surface area contributed by atoms with Gasteiger partial charge >= 0.3 is 0 Å². The average Bonchev–Trinajstić information content (AvgIpc) is 3.51. The van der Waals surface area contributed by atoms with Gasteiger partial charge in [-0.05, 0) is 67.6 Å². The largest absolute Gasteiger partial charge is 0.388 e. The summed E-state index contributed by atoms with van der Waals surface area (Å²) in [6, 6.07) is 12.8. The van der Waals surface area contributed by atoms with Crippen LogP contribution in [0.3, 0.4) is 0 Å². The van der Waals surface area contributed by atoms with Gasteiger partial charge < -0.3 is 15.1 Å². The minimum atomic E-state index is -1.16. The highest BCUT2D eigenvalue weighted by atomic mass is 19.1. The fourth-order valence-electron chi connectivity index (χ4n) is 4.95. The molecule has 2 aliphatic rings. The predicted molar refractivity (Wildman–Crippen MR) is 133 cm³/mol. The Morgan fingerprint density at radius 3 is 2.30 bits per heavy atom. The third-order valence-electron chi connectivity index (χ3n) is 7.46. The molecule has 0 bridgehead atoms. The van der Waals surface area contributed by atoms with Gasteiger partial charge in [0.1, 0.15) is 17.5 Å². The van der Waals surface area contributed by atoms with Crippen molar-refractivity contribution < 1.29 is 19.4 Å². The van der Waals surface area contributed by atoms with Crippen LogP contribution in [-0.2, 0) is 12.1 Å². The lowest BCUT2D eigenvalue weighted by Gasteiger charge is -2.38. The van der Waals surface area contributed by atoms with Crippen LogP contribution in [0.15, 0.2) is 65.8 Å². The van der Waals surface area contributed by atoms with Crippen molar-refractivity contribution in [1.29, 1.82) is 0 Å². The molecule has 2 aromatic heterocycles. The Morgan fingerprint density at radius 1 is 0.973 bits per heavy atom. The van der Waals surface area contributed by atoms with Gasteiger partial charge in [0.2, 0.25) is 0 Å². The SMILES string of the molecule is O=C(c1ccc(C2(O)CC2)cc1)N1CCC(O)(Cn2cnc3c(cnn3-c3ccc(F)cc3)c2=O)CC1. The van der Waals surface area contributed by atoms with Crippen molar-refractivity contribution in [3.8, 4) is 5.69 Å². The second-order valence-corrected chi connectivity index (χ2v) is 10.1. The maximum Gasteiger partial charge on any atom is 0.264 e. The highest BCUT2D eigenvalue weighted by Gasteiger charge is 2.42. The van der Waals surface area contributed by atoms with E-state index in [0.717, 1.165) is 18.4 Å². The highest BCUT2D eigenvalue weighted by Crippen LogP contribution is 2.45. The Bertz CT molecular complexity index is 1530. The Balaban J connectivity index is 1.14. The molecule has 1 saturated heterocycles. The summed E-state index contributed by atoms with van der Waals surface area (Å²) in [6.07, 6.45) is 4.92. The first kappa shape index (κ1) is 23.5. The van der Waals surface area contributed by atoms with Gasteiger partial charge in [-0.2, -0.15) is 5.10 Å². The predicted octanol–water partition coefficient (Wildman–Crippen LogP) is 2.37. The number of benzene rings is 2. The first-order valence-corrected chi connectivity index (χ1v) is 12.3. The highest BCUT2D eigenvalue weighted by molar-refractivity contribution is 5.94. The van der Waals surface area contributed by atoms with Crippen LogP contribution in [0.25, 0.3) is 16.7 Å². The van der Waals surface area contributed by atoms with E-state index in [-0.39, 0.29) is 23.8 Å². The van der Waals surface area contributed by atoms with Gasteiger partial charge in [-0.3, -0.25) is 14.2 Å². The van der Waals surface area contributed by atoms with Crippen LogP contribution >= 0.6 is 0 Å². The second kappa shape index (κ2) is 8.60. The monoisotopic (exact) mass is 503 g/mol. The van der Waals surface area contributed by atoms with Gasteiger partial charge in [-0.1, -0.05) is 12.1 Å². The number of hydrogen-bond acceptors (Lipinski definition) is 6. The third-order valence-corrected chi connectivity index (χ3v) is 7.46. The minimum absolute atomic E-state index is 0.0474. The van der Waals surface area contributed by atoms with Crippen LogP contribution in [0.5, 0.6) is 0 Å². The normalized spacial score (nSPS) is 18.2. The van der Waals surface area contributed by atoms with Gasteiger partial charge in [0, 0.05) is 18.7 Å². The zero-order valence-electron chi connectivity index (χ0n) is 20.0. The van der Waals surface area contributed by atoms with Crippen LogP contribution in [0.1, 0.15) is 41.6 Å². The summed E-state index contributed by atoms with van der Waals surface area (Å²) in [5, 5.41) is 26.0. The molecule has 10 heteroatoms. The molecule has 6 rings (SSSR count). The van der Waals surface area contributed by atoms with Crippen molar-refractivity contribution in [1.82, 2.24) is 24.2 Å². The van der Waals surface area contributed by atoms with Gasteiger partial charge in [0.25, 0.3) is 11.5 Å². The molecule has 1 amide bonds. The first-order chi connectivity index (χ1) is 17.7. The molecule has 0 atom stereocenters.